The van der Waals surface area contributed by atoms with Gasteiger partial charge in [-0.15, -0.1) is 0 Å². The number of hydrogen-bond acceptors (Lipinski definition) is 4. The van der Waals surface area contributed by atoms with Gasteiger partial charge in [0.15, 0.2) is 6.54 Å². The lowest BCUT2D eigenvalue weighted by Gasteiger charge is -2.15. The number of amides is 3. The molecule has 1 aromatic heterocycles. The number of imide groups is 1. The third kappa shape index (κ3) is 6.13. The number of hydrogen-bond donors (Lipinski definition) is 3. The van der Waals surface area contributed by atoms with Gasteiger partial charge < -0.3 is 19.4 Å². The minimum Gasteiger partial charge on any atom is -0.496 e. The third-order valence-electron chi connectivity index (χ3n) is 3.45. The summed E-state index contributed by atoms with van der Waals surface area (Å²) in [5, 5.41) is 5.45. The van der Waals surface area contributed by atoms with Crippen LogP contribution in [0.3, 0.4) is 0 Å². The first-order chi connectivity index (χ1) is 12.0. The number of halogens is 1. The predicted molar refractivity (Wildman–Crippen MR) is 92.5 cm³/mol. The molecule has 25 heavy (non-hydrogen) atoms. The summed E-state index contributed by atoms with van der Waals surface area (Å²) < 4.78 is 10.4. The Bertz CT molecular complexity index is 719. The van der Waals surface area contributed by atoms with Gasteiger partial charge in [-0.05, 0) is 30.3 Å². The number of carbonyl (C=O) groups is 2. The SMILES string of the molecule is COc1ccc(Cl)cc1C[NH+](C)CC(=O)NC(=O)NCc1ccco1. The lowest BCUT2D eigenvalue weighted by Crippen LogP contribution is -3.09. The Morgan fingerprint density at radius 3 is 2.80 bits per heavy atom. The van der Waals surface area contributed by atoms with E-state index in [-0.39, 0.29) is 19.0 Å². The zero-order chi connectivity index (χ0) is 18.2. The molecule has 0 saturated carbocycles. The topological polar surface area (TPSA) is 85.0 Å². The van der Waals surface area contributed by atoms with Gasteiger partial charge >= 0.3 is 6.03 Å². The molecule has 0 aliphatic rings. The Morgan fingerprint density at radius 1 is 1.32 bits per heavy atom. The second-order valence-electron chi connectivity index (χ2n) is 5.58. The molecule has 0 saturated heterocycles. The van der Waals surface area contributed by atoms with Crippen LogP contribution >= 0.6 is 11.6 Å². The number of nitrogens with one attached hydrogen (secondary N) is 3. The zero-order valence-corrected chi connectivity index (χ0v) is 14.9. The van der Waals surface area contributed by atoms with Gasteiger partial charge in [-0.1, -0.05) is 11.6 Å². The van der Waals surface area contributed by atoms with E-state index in [2.05, 4.69) is 10.6 Å². The van der Waals surface area contributed by atoms with Crippen molar-refractivity contribution in [3.8, 4) is 5.75 Å². The average Bonchev–Trinajstić information content (AvgIpc) is 3.06. The lowest BCUT2D eigenvalue weighted by molar-refractivity contribution is -0.885. The first kappa shape index (κ1) is 18.8. The lowest BCUT2D eigenvalue weighted by atomic mass is 10.2. The summed E-state index contributed by atoms with van der Waals surface area (Å²) in [6.07, 6.45) is 1.52. The summed E-state index contributed by atoms with van der Waals surface area (Å²) in [4.78, 5) is 24.6. The highest BCUT2D eigenvalue weighted by Gasteiger charge is 2.16. The second-order valence-corrected chi connectivity index (χ2v) is 6.01. The molecule has 1 heterocycles. The van der Waals surface area contributed by atoms with Crippen molar-refractivity contribution in [2.45, 2.75) is 13.1 Å². The maximum atomic E-state index is 12.0. The van der Waals surface area contributed by atoms with E-state index < -0.39 is 6.03 Å². The maximum Gasteiger partial charge on any atom is 0.321 e. The van der Waals surface area contributed by atoms with Gasteiger partial charge in [0, 0.05) is 10.6 Å². The maximum absolute atomic E-state index is 12.0. The highest BCUT2D eigenvalue weighted by Crippen LogP contribution is 2.21. The Hall–Kier alpha value is -2.51. The molecule has 3 amide bonds. The van der Waals surface area contributed by atoms with Crippen LogP contribution in [0.5, 0.6) is 5.75 Å². The molecule has 0 radical (unpaired) electrons. The van der Waals surface area contributed by atoms with Crippen molar-refractivity contribution in [1.82, 2.24) is 10.6 Å². The summed E-state index contributed by atoms with van der Waals surface area (Å²) in [6.45, 7) is 0.879. The molecule has 8 heteroatoms. The highest BCUT2D eigenvalue weighted by molar-refractivity contribution is 6.30. The van der Waals surface area contributed by atoms with Crippen molar-refractivity contribution in [3.05, 3.63) is 52.9 Å². The van der Waals surface area contributed by atoms with Crippen molar-refractivity contribution in [2.75, 3.05) is 20.7 Å². The van der Waals surface area contributed by atoms with Gasteiger partial charge in [-0.25, -0.2) is 4.79 Å². The largest absolute Gasteiger partial charge is 0.496 e. The van der Waals surface area contributed by atoms with E-state index >= 15 is 0 Å². The molecule has 0 aliphatic carbocycles. The Balaban J connectivity index is 1.79. The van der Waals surface area contributed by atoms with Crippen LogP contribution < -0.4 is 20.3 Å². The molecule has 0 spiro atoms. The van der Waals surface area contributed by atoms with Crippen LogP contribution in [-0.2, 0) is 17.9 Å². The van der Waals surface area contributed by atoms with Crippen LogP contribution in [0.25, 0.3) is 0 Å². The fourth-order valence-corrected chi connectivity index (χ4v) is 2.54. The molecule has 0 fully saturated rings. The molecule has 3 N–H and O–H groups in total. The van der Waals surface area contributed by atoms with Crippen molar-refractivity contribution < 1.29 is 23.6 Å². The van der Waals surface area contributed by atoms with Gasteiger partial charge in [0.2, 0.25) is 0 Å². The predicted octanol–water partition coefficient (Wildman–Crippen LogP) is 0.982. The fraction of sp³-hybridized carbons (Fsp3) is 0.294. The van der Waals surface area contributed by atoms with E-state index in [9.17, 15) is 9.59 Å². The number of methoxy groups -OCH3 is 1. The Morgan fingerprint density at radius 2 is 2.12 bits per heavy atom. The standard InChI is InChI=1S/C17H20ClN3O4/c1-21(10-12-8-13(18)5-6-15(12)24-2)11-16(22)20-17(23)19-9-14-4-3-7-25-14/h3-8H,9-11H2,1-2H3,(H2,19,20,22,23)/p+1. The van der Waals surface area contributed by atoms with Crippen LogP contribution in [-0.4, -0.2) is 32.6 Å². The molecule has 2 rings (SSSR count). The molecule has 134 valence electrons. The average molecular weight is 367 g/mol. The number of furan rings is 1. The van der Waals surface area contributed by atoms with Crippen molar-refractivity contribution in [1.29, 1.82) is 0 Å². The summed E-state index contributed by atoms with van der Waals surface area (Å²) in [5.74, 6) is 0.939. The molecule has 0 aliphatic heterocycles. The number of benzene rings is 1. The Labute approximate surface area is 150 Å². The number of carbonyl (C=O) groups excluding carboxylic acids is 2. The molecule has 0 bridgehead atoms. The number of rotatable bonds is 7. The van der Waals surface area contributed by atoms with E-state index in [0.717, 1.165) is 10.5 Å². The molecular weight excluding hydrogens is 346 g/mol. The van der Waals surface area contributed by atoms with E-state index in [1.807, 2.05) is 7.05 Å². The normalized spacial score (nSPS) is 11.6. The number of urea groups is 1. The monoisotopic (exact) mass is 366 g/mol. The fourth-order valence-electron chi connectivity index (χ4n) is 2.34. The summed E-state index contributed by atoms with van der Waals surface area (Å²) >= 11 is 6.00. The molecule has 1 unspecified atom stereocenters. The van der Waals surface area contributed by atoms with Crippen LogP contribution in [0.2, 0.25) is 5.02 Å². The molecule has 1 atom stereocenters. The first-order valence-corrected chi connectivity index (χ1v) is 8.09. The van der Waals surface area contributed by atoms with Crippen molar-refractivity contribution in [2.24, 2.45) is 0 Å². The summed E-state index contributed by atoms with van der Waals surface area (Å²) in [5.41, 5.74) is 0.891. The van der Waals surface area contributed by atoms with E-state index in [1.165, 1.54) is 6.26 Å². The summed E-state index contributed by atoms with van der Waals surface area (Å²) in [7, 11) is 3.43. The van der Waals surface area contributed by atoms with Gasteiger partial charge in [0.25, 0.3) is 5.91 Å². The first-order valence-electron chi connectivity index (χ1n) is 7.71. The molecular formula is C17H21ClN3O4+. The van der Waals surface area contributed by atoms with Crippen LogP contribution in [0.1, 0.15) is 11.3 Å². The molecule has 7 nitrogen and oxygen atoms in total. The molecule has 1 aromatic carbocycles. The van der Waals surface area contributed by atoms with Gasteiger partial charge in [-0.2, -0.15) is 0 Å². The quantitative estimate of drug-likeness (QED) is 0.682. The smallest absolute Gasteiger partial charge is 0.321 e. The van der Waals surface area contributed by atoms with Gasteiger partial charge in [-0.3, -0.25) is 10.1 Å². The summed E-state index contributed by atoms with van der Waals surface area (Å²) in [6, 6.07) is 8.23. The van der Waals surface area contributed by atoms with Crippen LogP contribution in [0.4, 0.5) is 4.79 Å². The number of ether oxygens (including phenoxy) is 1. The van der Waals surface area contributed by atoms with Gasteiger partial charge in [0.1, 0.15) is 18.1 Å². The number of quaternary nitrogens is 1. The molecule has 2 aromatic rings. The van der Waals surface area contributed by atoms with Gasteiger partial charge in [0.05, 0.1) is 27.0 Å². The van der Waals surface area contributed by atoms with Crippen molar-refractivity contribution >= 4 is 23.5 Å². The zero-order valence-electron chi connectivity index (χ0n) is 14.1. The minimum absolute atomic E-state index is 0.129. The van der Waals surface area contributed by atoms with E-state index in [0.29, 0.717) is 23.1 Å². The minimum atomic E-state index is -0.561. The third-order valence-corrected chi connectivity index (χ3v) is 3.69. The Kier molecular flexibility index (Phi) is 6.85. The van der Waals surface area contributed by atoms with E-state index in [4.69, 9.17) is 20.8 Å². The van der Waals surface area contributed by atoms with E-state index in [1.54, 1.807) is 37.4 Å². The van der Waals surface area contributed by atoms with Crippen LogP contribution in [0, 0.1) is 0 Å². The number of likely N-dealkylation sites (N-methyl/N-ethyl adjacent to an activating group) is 1. The highest BCUT2D eigenvalue weighted by atomic mass is 35.5. The van der Waals surface area contributed by atoms with Crippen molar-refractivity contribution in [3.63, 3.8) is 0 Å². The second kappa shape index (κ2) is 9.10. The van der Waals surface area contributed by atoms with Crippen LogP contribution in [0.15, 0.2) is 41.0 Å².